The van der Waals surface area contributed by atoms with E-state index in [0.29, 0.717) is 36.0 Å². The van der Waals surface area contributed by atoms with Gasteiger partial charge in [0.15, 0.2) is 0 Å². The molecule has 0 bridgehead atoms. The number of carbonyl (C=O) groups excluding carboxylic acids is 2. The van der Waals surface area contributed by atoms with E-state index >= 15 is 0 Å². The summed E-state index contributed by atoms with van der Waals surface area (Å²) in [7, 11) is 0. The molecule has 2 heterocycles. The highest BCUT2D eigenvalue weighted by Gasteiger charge is 2.27. The van der Waals surface area contributed by atoms with Crippen LogP contribution in [0.25, 0.3) is 10.6 Å². The van der Waals surface area contributed by atoms with E-state index in [1.165, 1.54) is 23.5 Å². The fourth-order valence-corrected chi connectivity index (χ4v) is 4.43. The van der Waals surface area contributed by atoms with E-state index in [-0.39, 0.29) is 17.6 Å². The third-order valence-corrected chi connectivity index (χ3v) is 6.22. The standard InChI is InChI=1S/C21H26FN3O2S/c1-3-10-23-18(26)13-15-8-11-25(12-9-15)21(27)19-14(2)24-20(28-19)16-4-6-17(22)7-5-16/h4-7,15H,3,8-13H2,1-2H3,(H,23,26). The van der Waals surface area contributed by atoms with Gasteiger partial charge in [-0.1, -0.05) is 6.92 Å². The van der Waals surface area contributed by atoms with Crippen molar-refractivity contribution in [2.75, 3.05) is 19.6 Å². The van der Waals surface area contributed by atoms with Crippen LogP contribution in [-0.4, -0.2) is 41.3 Å². The van der Waals surface area contributed by atoms with Crippen LogP contribution in [-0.2, 0) is 4.79 Å². The first-order chi connectivity index (χ1) is 13.5. The lowest BCUT2D eigenvalue weighted by Gasteiger charge is -2.31. The summed E-state index contributed by atoms with van der Waals surface area (Å²) in [5.41, 5.74) is 1.51. The van der Waals surface area contributed by atoms with Crippen molar-refractivity contribution < 1.29 is 14.0 Å². The second kappa shape index (κ2) is 9.28. The summed E-state index contributed by atoms with van der Waals surface area (Å²) in [5, 5.41) is 3.64. The summed E-state index contributed by atoms with van der Waals surface area (Å²) >= 11 is 1.35. The number of aromatic nitrogens is 1. The molecule has 1 fully saturated rings. The molecule has 1 aliphatic heterocycles. The molecule has 28 heavy (non-hydrogen) atoms. The second-order valence-corrected chi connectivity index (χ2v) is 8.23. The number of benzene rings is 1. The van der Waals surface area contributed by atoms with Crippen LogP contribution in [0.15, 0.2) is 24.3 Å². The predicted octanol–water partition coefficient (Wildman–Crippen LogP) is 4.03. The van der Waals surface area contributed by atoms with E-state index in [1.807, 2.05) is 18.7 Å². The van der Waals surface area contributed by atoms with Gasteiger partial charge in [0, 0.05) is 31.6 Å². The molecule has 0 radical (unpaired) electrons. The molecule has 150 valence electrons. The number of nitrogens with zero attached hydrogens (tertiary/aromatic N) is 2. The normalized spacial score (nSPS) is 14.9. The molecular weight excluding hydrogens is 377 g/mol. The predicted molar refractivity (Wildman–Crippen MR) is 109 cm³/mol. The smallest absolute Gasteiger partial charge is 0.265 e. The van der Waals surface area contributed by atoms with E-state index in [1.54, 1.807) is 12.1 Å². The van der Waals surface area contributed by atoms with Gasteiger partial charge in [-0.25, -0.2) is 9.37 Å². The van der Waals surface area contributed by atoms with Gasteiger partial charge >= 0.3 is 0 Å². The minimum atomic E-state index is -0.292. The first kappa shape index (κ1) is 20.5. The summed E-state index contributed by atoms with van der Waals surface area (Å²) in [5.74, 6) is 0.143. The SMILES string of the molecule is CCCNC(=O)CC1CCN(C(=O)c2sc(-c3ccc(F)cc3)nc2C)CC1. The molecule has 0 atom stereocenters. The Labute approximate surface area is 169 Å². The number of carbonyl (C=O) groups is 2. The molecule has 1 saturated heterocycles. The minimum absolute atomic E-state index is 0.00255. The Morgan fingerprint density at radius 3 is 2.57 bits per heavy atom. The molecule has 3 rings (SSSR count). The molecule has 0 saturated carbocycles. The average molecular weight is 404 g/mol. The van der Waals surface area contributed by atoms with E-state index in [9.17, 15) is 14.0 Å². The zero-order valence-electron chi connectivity index (χ0n) is 16.3. The van der Waals surface area contributed by atoms with E-state index in [2.05, 4.69) is 10.3 Å². The highest BCUT2D eigenvalue weighted by molar-refractivity contribution is 7.17. The summed E-state index contributed by atoms with van der Waals surface area (Å²) in [6.45, 7) is 5.91. The lowest BCUT2D eigenvalue weighted by Crippen LogP contribution is -2.39. The van der Waals surface area contributed by atoms with Crippen molar-refractivity contribution in [1.29, 1.82) is 0 Å². The Bertz CT molecular complexity index is 827. The average Bonchev–Trinajstić information content (AvgIpc) is 3.08. The molecule has 1 aromatic carbocycles. The first-order valence-electron chi connectivity index (χ1n) is 9.77. The van der Waals surface area contributed by atoms with E-state index < -0.39 is 0 Å². The van der Waals surface area contributed by atoms with Crippen molar-refractivity contribution in [2.24, 2.45) is 5.92 Å². The van der Waals surface area contributed by atoms with Crippen LogP contribution < -0.4 is 5.32 Å². The van der Waals surface area contributed by atoms with Gasteiger partial charge in [-0.05, 0) is 56.4 Å². The van der Waals surface area contributed by atoms with Gasteiger partial charge in [-0.2, -0.15) is 0 Å². The molecule has 1 N–H and O–H groups in total. The van der Waals surface area contributed by atoms with Crippen LogP contribution >= 0.6 is 11.3 Å². The molecule has 0 spiro atoms. The van der Waals surface area contributed by atoms with Crippen molar-refractivity contribution in [3.8, 4) is 10.6 Å². The molecule has 0 unspecified atom stereocenters. The van der Waals surface area contributed by atoms with E-state index in [0.717, 1.165) is 36.4 Å². The Balaban J connectivity index is 1.59. The summed E-state index contributed by atoms with van der Waals surface area (Å²) in [4.78, 5) is 31.8. The zero-order chi connectivity index (χ0) is 20.1. The topological polar surface area (TPSA) is 62.3 Å². The lowest BCUT2D eigenvalue weighted by atomic mass is 9.93. The van der Waals surface area contributed by atoms with Crippen LogP contribution in [0.4, 0.5) is 4.39 Å². The van der Waals surface area contributed by atoms with Crippen LogP contribution in [0.5, 0.6) is 0 Å². The fourth-order valence-electron chi connectivity index (χ4n) is 3.39. The van der Waals surface area contributed by atoms with Crippen LogP contribution in [0, 0.1) is 18.7 Å². The third-order valence-electron chi connectivity index (χ3n) is 5.03. The van der Waals surface area contributed by atoms with Crippen molar-refractivity contribution in [2.45, 2.75) is 39.5 Å². The summed E-state index contributed by atoms with van der Waals surface area (Å²) in [6.07, 6.45) is 3.16. The number of hydrogen-bond donors (Lipinski definition) is 1. The number of piperidine rings is 1. The summed E-state index contributed by atoms with van der Waals surface area (Å²) < 4.78 is 13.1. The second-order valence-electron chi connectivity index (χ2n) is 7.23. The van der Waals surface area contributed by atoms with E-state index in [4.69, 9.17) is 0 Å². The molecule has 7 heteroatoms. The molecule has 1 aromatic heterocycles. The fraction of sp³-hybridized carbons (Fsp3) is 0.476. The lowest BCUT2D eigenvalue weighted by molar-refractivity contribution is -0.122. The summed E-state index contributed by atoms with van der Waals surface area (Å²) in [6, 6.07) is 6.15. The van der Waals surface area contributed by atoms with Crippen LogP contribution in [0.3, 0.4) is 0 Å². The molecular formula is C21H26FN3O2S. The Morgan fingerprint density at radius 2 is 1.93 bits per heavy atom. The monoisotopic (exact) mass is 403 g/mol. The van der Waals surface area contributed by atoms with Crippen molar-refractivity contribution in [3.05, 3.63) is 40.7 Å². The third kappa shape index (κ3) is 4.95. The highest BCUT2D eigenvalue weighted by atomic mass is 32.1. The van der Waals surface area contributed by atoms with Gasteiger partial charge < -0.3 is 10.2 Å². The first-order valence-corrected chi connectivity index (χ1v) is 10.6. The van der Waals surface area contributed by atoms with Gasteiger partial charge in [-0.3, -0.25) is 9.59 Å². The quantitative estimate of drug-likeness (QED) is 0.792. The Kier molecular flexibility index (Phi) is 6.78. The molecule has 0 aliphatic carbocycles. The molecule has 2 amide bonds. The number of halogens is 1. The number of amides is 2. The maximum absolute atomic E-state index is 13.1. The van der Waals surface area contributed by atoms with Crippen molar-refractivity contribution >= 4 is 23.2 Å². The van der Waals surface area contributed by atoms with Gasteiger partial charge in [-0.15, -0.1) is 11.3 Å². The highest BCUT2D eigenvalue weighted by Crippen LogP contribution is 2.30. The Hall–Kier alpha value is -2.28. The minimum Gasteiger partial charge on any atom is -0.356 e. The largest absolute Gasteiger partial charge is 0.356 e. The number of thiazole rings is 1. The Morgan fingerprint density at radius 1 is 1.25 bits per heavy atom. The van der Waals surface area contributed by atoms with Crippen LogP contribution in [0.1, 0.15) is 48.0 Å². The van der Waals surface area contributed by atoms with Crippen LogP contribution in [0.2, 0.25) is 0 Å². The van der Waals surface area contributed by atoms with Gasteiger partial charge in [0.25, 0.3) is 5.91 Å². The van der Waals surface area contributed by atoms with Crippen molar-refractivity contribution in [1.82, 2.24) is 15.2 Å². The van der Waals surface area contributed by atoms with Gasteiger partial charge in [0.1, 0.15) is 15.7 Å². The van der Waals surface area contributed by atoms with Gasteiger partial charge in [0.05, 0.1) is 5.69 Å². The van der Waals surface area contributed by atoms with Crippen molar-refractivity contribution in [3.63, 3.8) is 0 Å². The molecule has 1 aliphatic rings. The zero-order valence-corrected chi connectivity index (χ0v) is 17.2. The number of likely N-dealkylation sites (tertiary alicyclic amines) is 1. The maximum Gasteiger partial charge on any atom is 0.265 e. The number of hydrogen-bond acceptors (Lipinski definition) is 4. The van der Waals surface area contributed by atoms with Gasteiger partial charge in [0.2, 0.25) is 5.91 Å². The number of rotatable bonds is 6. The number of nitrogens with one attached hydrogen (secondary N) is 1. The molecule has 5 nitrogen and oxygen atoms in total. The number of aryl methyl sites for hydroxylation is 1. The molecule has 2 aromatic rings. The maximum atomic E-state index is 13.1.